The average Bonchev–Trinajstić information content (AvgIpc) is 2.78. The lowest BCUT2D eigenvalue weighted by molar-refractivity contribution is 0.207. The quantitative estimate of drug-likeness (QED) is 0.539. The molecule has 2 heterocycles. The van der Waals surface area contributed by atoms with Crippen molar-refractivity contribution in [1.29, 1.82) is 0 Å². The summed E-state index contributed by atoms with van der Waals surface area (Å²) in [5.41, 5.74) is 9.49. The summed E-state index contributed by atoms with van der Waals surface area (Å²) in [5.74, 6) is 1.59. The highest BCUT2D eigenvalue weighted by Crippen LogP contribution is 2.49. The van der Waals surface area contributed by atoms with Gasteiger partial charge in [-0.15, -0.1) is 0 Å². The Balaban J connectivity index is 1.46. The monoisotopic (exact) mass is 422 g/mol. The Kier molecular flexibility index (Phi) is 7.39. The second-order valence-corrected chi connectivity index (χ2v) is 9.39. The number of rotatable bonds is 9. The van der Waals surface area contributed by atoms with E-state index in [2.05, 4.69) is 48.2 Å². The summed E-state index contributed by atoms with van der Waals surface area (Å²) in [7, 11) is 0. The lowest BCUT2D eigenvalue weighted by atomic mass is 9.79. The summed E-state index contributed by atoms with van der Waals surface area (Å²) < 4.78 is 6.29. The van der Waals surface area contributed by atoms with Gasteiger partial charge >= 0.3 is 0 Å². The van der Waals surface area contributed by atoms with Gasteiger partial charge in [0.05, 0.1) is 6.10 Å². The highest BCUT2D eigenvalue weighted by atomic mass is 16.5. The van der Waals surface area contributed by atoms with Crippen molar-refractivity contribution < 1.29 is 9.84 Å². The maximum absolute atomic E-state index is 11.0. The lowest BCUT2D eigenvalue weighted by Crippen LogP contribution is -2.44. The molecule has 4 nitrogen and oxygen atoms in total. The predicted molar refractivity (Wildman–Crippen MR) is 128 cm³/mol. The molecule has 1 fully saturated rings. The molecule has 3 atom stereocenters. The third kappa shape index (κ3) is 5.35. The lowest BCUT2D eigenvalue weighted by Gasteiger charge is -2.45. The van der Waals surface area contributed by atoms with Crippen LogP contribution in [0.5, 0.6) is 11.5 Å². The van der Waals surface area contributed by atoms with Crippen molar-refractivity contribution in [3.05, 3.63) is 53.6 Å². The zero-order valence-electron chi connectivity index (χ0n) is 18.9. The maximum atomic E-state index is 11.0. The minimum Gasteiger partial charge on any atom is -0.507 e. The number of aromatic hydroxyl groups is 1. The molecule has 0 saturated carbocycles. The summed E-state index contributed by atoms with van der Waals surface area (Å²) in [6.07, 6.45) is 10.3. The van der Waals surface area contributed by atoms with Crippen LogP contribution in [0.1, 0.15) is 75.3 Å². The summed E-state index contributed by atoms with van der Waals surface area (Å²) in [4.78, 5) is 2.53. The average molecular weight is 423 g/mol. The van der Waals surface area contributed by atoms with E-state index < -0.39 is 0 Å². The molecule has 1 saturated heterocycles. The molecule has 0 aromatic heterocycles. The molecular weight excluding hydrogens is 384 g/mol. The third-order valence-electron chi connectivity index (χ3n) is 7.02. The zero-order valence-corrected chi connectivity index (χ0v) is 18.9. The second-order valence-electron chi connectivity index (χ2n) is 9.39. The van der Waals surface area contributed by atoms with Crippen LogP contribution in [-0.4, -0.2) is 30.3 Å². The molecule has 4 rings (SSSR count). The van der Waals surface area contributed by atoms with E-state index in [9.17, 15) is 5.11 Å². The van der Waals surface area contributed by atoms with Crippen LogP contribution in [0.3, 0.4) is 0 Å². The number of hydrogen-bond donors (Lipinski definition) is 2. The van der Waals surface area contributed by atoms with Crippen LogP contribution < -0.4 is 15.4 Å². The van der Waals surface area contributed by atoms with Gasteiger partial charge in [-0.1, -0.05) is 30.3 Å². The number of fused-ring (bicyclic) bond motifs is 3. The van der Waals surface area contributed by atoms with Crippen molar-refractivity contribution in [1.82, 2.24) is 0 Å². The summed E-state index contributed by atoms with van der Waals surface area (Å²) in [6.45, 7) is 3.93. The molecule has 168 valence electrons. The van der Waals surface area contributed by atoms with Crippen LogP contribution in [0.15, 0.2) is 42.5 Å². The van der Waals surface area contributed by atoms with Gasteiger partial charge in [-0.25, -0.2) is 0 Å². The van der Waals surface area contributed by atoms with E-state index in [1.807, 2.05) is 6.07 Å². The molecule has 4 heteroatoms. The van der Waals surface area contributed by atoms with E-state index in [0.717, 1.165) is 56.4 Å². The Bertz CT molecular complexity index is 839. The smallest absolute Gasteiger partial charge is 0.125 e. The number of piperidine rings is 1. The molecule has 3 N–H and O–H groups in total. The van der Waals surface area contributed by atoms with Crippen molar-refractivity contribution in [3.63, 3.8) is 0 Å². The minimum absolute atomic E-state index is 0.120. The molecule has 31 heavy (non-hydrogen) atoms. The maximum Gasteiger partial charge on any atom is 0.125 e. The molecule has 2 aliphatic heterocycles. The SMILES string of the molecule is CC(CCCc1ccccc1)Oc1cc(O)c2c(c1)N1CCCCC1CC2CCCN. The first kappa shape index (κ1) is 22.0. The Hall–Kier alpha value is -2.20. The van der Waals surface area contributed by atoms with E-state index in [4.69, 9.17) is 10.5 Å². The van der Waals surface area contributed by atoms with Crippen LogP contribution in [0.25, 0.3) is 0 Å². The van der Waals surface area contributed by atoms with Gasteiger partial charge in [-0.05, 0) is 82.7 Å². The number of ether oxygens (including phenoxy) is 1. The van der Waals surface area contributed by atoms with Crippen LogP contribution in [0.4, 0.5) is 5.69 Å². The van der Waals surface area contributed by atoms with Crippen LogP contribution in [0, 0.1) is 0 Å². The number of nitrogens with two attached hydrogens (primary N) is 1. The number of hydrogen-bond acceptors (Lipinski definition) is 4. The predicted octanol–water partition coefficient (Wildman–Crippen LogP) is 5.77. The standard InChI is InChI=1S/C27H38N2O2/c1-20(9-7-12-21-10-3-2-4-11-21)31-24-18-25-27(26(30)19-24)22(13-8-15-28)17-23-14-5-6-16-29(23)25/h2-4,10-11,18-20,22-23,30H,5-9,12-17,28H2,1H3. The Morgan fingerprint density at radius 1 is 1.16 bits per heavy atom. The van der Waals surface area contributed by atoms with E-state index in [1.165, 1.54) is 30.5 Å². The molecule has 2 aromatic carbocycles. The van der Waals surface area contributed by atoms with Gasteiger partial charge < -0.3 is 20.5 Å². The molecule has 0 bridgehead atoms. The van der Waals surface area contributed by atoms with Crippen molar-refractivity contribution in [2.24, 2.45) is 5.73 Å². The number of phenols is 1. The minimum atomic E-state index is 0.120. The normalized spacial score (nSPS) is 21.3. The number of anilines is 1. The number of nitrogens with zero attached hydrogens (tertiary/aromatic N) is 1. The summed E-state index contributed by atoms with van der Waals surface area (Å²) in [5, 5.41) is 11.0. The van der Waals surface area contributed by atoms with Crippen molar-refractivity contribution in [2.45, 2.75) is 82.8 Å². The van der Waals surface area contributed by atoms with Gasteiger partial charge in [0.25, 0.3) is 0 Å². The van der Waals surface area contributed by atoms with Gasteiger partial charge in [0.1, 0.15) is 11.5 Å². The zero-order chi connectivity index (χ0) is 21.6. The van der Waals surface area contributed by atoms with E-state index in [1.54, 1.807) is 0 Å². The third-order valence-corrected chi connectivity index (χ3v) is 7.02. The van der Waals surface area contributed by atoms with Crippen molar-refractivity contribution in [3.8, 4) is 11.5 Å². The first-order valence-corrected chi connectivity index (χ1v) is 12.2. The molecule has 3 unspecified atom stereocenters. The van der Waals surface area contributed by atoms with E-state index >= 15 is 0 Å². The number of phenolic OH excluding ortho intramolecular Hbond substituents is 1. The summed E-state index contributed by atoms with van der Waals surface area (Å²) in [6, 6.07) is 15.2. The van der Waals surface area contributed by atoms with E-state index in [-0.39, 0.29) is 6.10 Å². The Morgan fingerprint density at radius 3 is 2.81 bits per heavy atom. The first-order valence-electron chi connectivity index (χ1n) is 12.2. The van der Waals surface area contributed by atoms with Gasteiger partial charge in [-0.2, -0.15) is 0 Å². The van der Waals surface area contributed by atoms with Gasteiger partial charge in [-0.3, -0.25) is 0 Å². The Morgan fingerprint density at radius 2 is 2.00 bits per heavy atom. The molecule has 2 aliphatic rings. The fourth-order valence-electron chi connectivity index (χ4n) is 5.49. The van der Waals surface area contributed by atoms with Crippen LogP contribution >= 0.6 is 0 Å². The number of benzene rings is 2. The van der Waals surface area contributed by atoms with Crippen LogP contribution in [0.2, 0.25) is 0 Å². The van der Waals surface area contributed by atoms with Crippen LogP contribution in [-0.2, 0) is 6.42 Å². The fraction of sp³-hybridized carbons (Fsp3) is 0.556. The highest BCUT2D eigenvalue weighted by molar-refractivity contribution is 5.66. The Labute approximate surface area is 187 Å². The highest BCUT2D eigenvalue weighted by Gasteiger charge is 2.36. The van der Waals surface area contributed by atoms with Gasteiger partial charge in [0.15, 0.2) is 0 Å². The molecule has 0 spiro atoms. The topological polar surface area (TPSA) is 58.7 Å². The molecule has 0 radical (unpaired) electrons. The second kappa shape index (κ2) is 10.4. The van der Waals surface area contributed by atoms with Gasteiger partial charge in [0.2, 0.25) is 0 Å². The van der Waals surface area contributed by atoms with Crippen molar-refractivity contribution >= 4 is 5.69 Å². The largest absolute Gasteiger partial charge is 0.507 e. The number of aryl methyl sites for hydroxylation is 1. The fourth-order valence-corrected chi connectivity index (χ4v) is 5.49. The van der Waals surface area contributed by atoms with E-state index in [0.29, 0.717) is 24.3 Å². The molecular formula is C27H38N2O2. The molecule has 0 amide bonds. The molecule has 0 aliphatic carbocycles. The molecule has 2 aromatic rings. The first-order chi connectivity index (χ1) is 15.2. The van der Waals surface area contributed by atoms with Gasteiger partial charge in [0, 0.05) is 36.0 Å². The van der Waals surface area contributed by atoms with Crippen molar-refractivity contribution in [2.75, 3.05) is 18.0 Å². The summed E-state index contributed by atoms with van der Waals surface area (Å²) >= 11 is 0.